The first-order chi connectivity index (χ1) is 8.27. The van der Waals surface area contributed by atoms with Crippen molar-refractivity contribution in [2.45, 2.75) is 33.6 Å². The zero-order chi connectivity index (χ0) is 13.1. The topological polar surface area (TPSA) is 61.3 Å². The standard InChI is InChI=1S/C12H20N2O.C2H6/c1-10-3-4-11(5-7-14)9-12(10)15-8-2-6-13;1-2/h3-4,9H,2,5-8,13-14H2,1H3;1-2H3. The van der Waals surface area contributed by atoms with Gasteiger partial charge in [0.1, 0.15) is 5.75 Å². The Morgan fingerprint density at radius 3 is 2.41 bits per heavy atom. The van der Waals surface area contributed by atoms with Crippen LogP contribution < -0.4 is 16.2 Å². The van der Waals surface area contributed by atoms with Gasteiger partial charge in [-0.1, -0.05) is 26.0 Å². The maximum Gasteiger partial charge on any atom is 0.122 e. The highest BCUT2D eigenvalue weighted by atomic mass is 16.5. The van der Waals surface area contributed by atoms with Crippen LogP contribution in [0.5, 0.6) is 5.75 Å². The summed E-state index contributed by atoms with van der Waals surface area (Å²) in [4.78, 5) is 0. The molecule has 1 aromatic rings. The number of nitrogens with two attached hydrogens (primary N) is 2. The Balaban J connectivity index is 0.00000121. The lowest BCUT2D eigenvalue weighted by atomic mass is 10.1. The summed E-state index contributed by atoms with van der Waals surface area (Å²) >= 11 is 0. The molecule has 0 bridgehead atoms. The first kappa shape index (κ1) is 15.9. The largest absolute Gasteiger partial charge is 0.493 e. The first-order valence-corrected chi connectivity index (χ1v) is 6.40. The molecule has 17 heavy (non-hydrogen) atoms. The highest BCUT2D eigenvalue weighted by Gasteiger charge is 2.01. The van der Waals surface area contributed by atoms with Crippen LogP contribution >= 0.6 is 0 Å². The third kappa shape index (κ3) is 6.29. The van der Waals surface area contributed by atoms with Crippen LogP contribution in [0.15, 0.2) is 18.2 Å². The Bertz CT molecular complexity index is 300. The maximum absolute atomic E-state index is 5.64. The quantitative estimate of drug-likeness (QED) is 0.747. The molecule has 0 aliphatic rings. The summed E-state index contributed by atoms with van der Waals surface area (Å²) in [5, 5.41) is 0. The summed E-state index contributed by atoms with van der Waals surface area (Å²) in [6, 6.07) is 6.24. The van der Waals surface area contributed by atoms with Gasteiger partial charge in [-0.25, -0.2) is 0 Å². The average Bonchev–Trinajstić information content (AvgIpc) is 2.36. The second-order valence-electron chi connectivity index (χ2n) is 3.63. The number of benzene rings is 1. The Labute approximate surface area is 105 Å². The van der Waals surface area contributed by atoms with Crippen molar-refractivity contribution < 1.29 is 4.74 Å². The minimum absolute atomic E-state index is 0.668. The smallest absolute Gasteiger partial charge is 0.122 e. The second-order valence-corrected chi connectivity index (χ2v) is 3.63. The molecule has 98 valence electrons. The molecule has 0 aliphatic carbocycles. The fourth-order valence-electron chi connectivity index (χ4n) is 1.39. The van der Waals surface area contributed by atoms with Gasteiger partial charge in [-0.2, -0.15) is 0 Å². The molecular formula is C14H26N2O. The van der Waals surface area contributed by atoms with Crippen LogP contribution in [0.2, 0.25) is 0 Å². The van der Waals surface area contributed by atoms with Gasteiger partial charge in [0.05, 0.1) is 6.61 Å². The number of hydrogen-bond donors (Lipinski definition) is 2. The van der Waals surface area contributed by atoms with Crippen LogP contribution in [0.1, 0.15) is 31.4 Å². The van der Waals surface area contributed by atoms with Crippen LogP contribution in [0.25, 0.3) is 0 Å². The molecule has 0 heterocycles. The monoisotopic (exact) mass is 238 g/mol. The molecule has 1 aromatic carbocycles. The van der Waals surface area contributed by atoms with E-state index in [2.05, 4.69) is 18.2 Å². The van der Waals surface area contributed by atoms with E-state index in [1.165, 1.54) is 5.56 Å². The van der Waals surface area contributed by atoms with E-state index in [9.17, 15) is 0 Å². The van der Waals surface area contributed by atoms with Gasteiger partial charge in [-0.05, 0) is 50.0 Å². The van der Waals surface area contributed by atoms with Crippen LogP contribution in [0.4, 0.5) is 0 Å². The summed E-state index contributed by atoms with van der Waals surface area (Å²) in [5.41, 5.74) is 13.3. The lowest BCUT2D eigenvalue weighted by Crippen LogP contribution is -2.07. The number of ether oxygens (including phenoxy) is 1. The predicted molar refractivity (Wildman–Crippen MR) is 74.5 cm³/mol. The van der Waals surface area contributed by atoms with Crippen molar-refractivity contribution in [3.63, 3.8) is 0 Å². The molecule has 0 fully saturated rings. The molecule has 0 amide bonds. The average molecular weight is 238 g/mol. The molecule has 0 saturated heterocycles. The fraction of sp³-hybridized carbons (Fsp3) is 0.571. The second kappa shape index (κ2) is 10.1. The summed E-state index contributed by atoms with van der Waals surface area (Å²) in [7, 11) is 0. The van der Waals surface area contributed by atoms with Gasteiger partial charge in [-0.15, -0.1) is 0 Å². The third-order valence-electron chi connectivity index (χ3n) is 2.29. The van der Waals surface area contributed by atoms with E-state index in [0.717, 1.165) is 24.2 Å². The Morgan fingerprint density at radius 2 is 1.82 bits per heavy atom. The minimum Gasteiger partial charge on any atom is -0.493 e. The van der Waals surface area contributed by atoms with E-state index in [-0.39, 0.29) is 0 Å². The van der Waals surface area contributed by atoms with Crippen molar-refractivity contribution in [3.05, 3.63) is 29.3 Å². The van der Waals surface area contributed by atoms with Gasteiger partial charge >= 0.3 is 0 Å². The lowest BCUT2D eigenvalue weighted by Gasteiger charge is -2.10. The molecule has 3 heteroatoms. The zero-order valence-electron chi connectivity index (χ0n) is 11.3. The summed E-state index contributed by atoms with van der Waals surface area (Å²) in [5.74, 6) is 0.953. The van der Waals surface area contributed by atoms with Crippen molar-refractivity contribution >= 4 is 0 Å². The van der Waals surface area contributed by atoms with Crippen molar-refractivity contribution in [3.8, 4) is 5.75 Å². The van der Waals surface area contributed by atoms with Gasteiger partial charge in [0.2, 0.25) is 0 Å². The van der Waals surface area contributed by atoms with Gasteiger partial charge in [0.15, 0.2) is 0 Å². The lowest BCUT2D eigenvalue weighted by molar-refractivity contribution is 0.311. The van der Waals surface area contributed by atoms with E-state index >= 15 is 0 Å². The fourth-order valence-corrected chi connectivity index (χ4v) is 1.39. The molecule has 0 aromatic heterocycles. The molecule has 1 rings (SSSR count). The van der Waals surface area contributed by atoms with Gasteiger partial charge in [-0.3, -0.25) is 0 Å². The van der Waals surface area contributed by atoms with Crippen molar-refractivity contribution in [2.24, 2.45) is 11.5 Å². The van der Waals surface area contributed by atoms with Crippen molar-refractivity contribution in [1.29, 1.82) is 0 Å². The third-order valence-corrected chi connectivity index (χ3v) is 2.29. The van der Waals surface area contributed by atoms with Crippen LogP contribution in [0, 0.1) is 6.92 Å². The first-order valence-electron chi connectivity index (χ1n) is 6.40. The number of aryl methyl sites for hydroxylation is 1. The van der Waals surface area contributed by atoms with Crippen LogP contribution in [0.3, 0.4) is 0 Å². The molecule has 4 N–H and O–H groups in total. The highest BCUT2D eigenvalue weighted by molar-refractivity contribution is 5.36. The van der Waals surface area contributed by atoms with Gasteiger partial charge in [0.25, 0.3) is 0 Å². The van der Waals surface area contributed by atoms with E-state index in [1.807, 2.05) is 20.8 Å². The summed E-state index contributed by atoms with van der Waals surface area (Å²) in [6.45, 7) is 8.07. The van der Waals surface area contributed by atoms with Crippen molar-refractivity contribution in [2.75, 3.05) is 19.7 Å². The SMILES string of the molecule is CC.Cc1ccc(CCN)cc1OCCCN. The van der Waals surface area contributed by atoms with Crippen molar-refractivity contribution in [1.82, 2.24) is 0 Å². The molecule has 0 atom stereocenters. The molecular weight excluding hydrogens is 212 g/mol. The number of hydrogen-bond acceptors (Lipinski definition) is 3. The zero-order valence-corrected chi connectivity index (χ0v) is 11.3. The molecule has 0 unspecified atom stereocenters. The molecule has 0 spiro atoms. The van der Waals surface area contributed by atoms with E-state index in [1.54, 1.807) is 0 Å². The van der Waals surface area contributed by atoms with E-state index < -0.39 is 0 Å². The molecule has 0 saturated carbocycles. The van der Waals surface area contributed by atoms with Gasteiger partial charge in [0, 0.05) is 0 Å². The maximum atomic E-state index is 5.64. The summed E-state index contributed by atoms with van der Waals surface area (Å²) in [6.07, 6.45) is 1.79. The highest BCUT2D eigenvalue weighted by Crippen LogP contribution is 2.19. The Kier molecular flexibility index (Phi) is 9.49. The van der Waals surface area contributed by atoms with Crippen LogP contribution in [-0.4, -0.2) is 19.7 Å². The predicted octanol–water partition coefficient (Wildman–Crippen LogP) is 2.25. The molecule has 0 aliphatic heterocycles. The number of rotatable bonds is 6. The molecule has 0 radical (unpaired) electrons. The Morgan fingerprint density at radius 1 is 1.12 bits per heavy atom. The minimum atomic E-state index is 0.668. The van der Waals surface area contributed by atoms with Gasteiger partial charge < -0.3 is 16.2 Å². The van der Waals surface area contributed by atoms with E-state index in [4.69, 9.17) is 16.2 Å². The van der Waals surface area contributed by atoms with Crippen LogP contribution in [-0.2, 0) is 6.42 Å². The van der Waals surface area contributed by atoms with E-state index in [0.29, 0.717) is 19.7 Å². The Hall–Kier alpha value is -1.06. The summed E-state index contributed by atoms with van der Waals surface area (Å²) < 4.78 is 5.64. The molecule has 3 nitrogen and oxygen atoms in total. The normalized spacial score (nSPS) is 9.47.